The summed E-state index contributed by atoms with van der Waals surface area (Å²) in [4.78, 5) is 32.4. The van der Waals surface area contributed by atoms with Crippen LogP contribution in [0.3, 0.4) is 0 Å². The Morgan fingerprint density at radius 3 is 2.63 bits per heavy atom. The number of thiazole rings is 1. The molecule has 0 aliphatic carbocycles. The summed E-state index contributed by atoms with van der Waals surface area (Å²) in [5.74, 6) is -0.380. The van der Waals surface area contributed by atoms with Crippen LogP contribution in [0, 0.1) is 13.8 Å². The van der Waals surface area contributed by atoms with E-state index in [4.69, 9.17) is 4.74 Å². The minimum absolute atomic E-state index is 0.236. The molecule has 0 aliphatic heterocycles. The van der Waals surface area contributed by atoms with Crippen LogP contribution in [-0.4, -0.2) is 33.2 Å². The highest BCUT2D eigenvalue weighted by atomic mass is 32.1. The molecule has 0 bridgehead atoms. The van der Waals surface area contributed by atoms with Crippen LogP contribution < -0.4 is 5.56 Å². The van der Waals surface area contributed by atoms with E-state index in [1.807, 2.05) is 33.1 Å². The van der Waals surface area contributed by atoms with E-state index in [1.165, 1.54) is 18.4 Å². The van der Waals surface area contributed by atoms with E-state index in [0.29, 0.717) is 28.2 Å². The summed E-state index contributed by atoms with van der Waals surface area (Å²) in [6, 6.07) is 0. The molecule has 3 heterocycles. The standard InChI is InChI=1S/C19H22N4O3S/c1-6-11-12(7-2)22-23-17(24)15(11)18-21-13(8-27-18)16-9(3)14(10(4)20-16)19(25)26-5/h8,20H,6-7H2,1-5H3,(H,23,24). The molecule has 142 valence electrons. The number of carbonyl (C=O) groups is 1. The fraction of sp³-hybridized carbons (Fsp3) is 0.368. The minimum Gasteiger partial charge on any atom is -0.465 e. The van der Waals surface area contributed by atoms with Crippen molar-refractivity contribution in [1.82, 2.24) is 20.2 Å². The number of nitrogens with zero attached hydrogens (tertiary/aromatic N) is 2. The molecule has 0 saturated carbocycles. The number of H-pyrrole nitrogens is 2. The molecular weight excluding hydrogens is 364 g/mol. The molecule has 0 fully saturated rings. The number of ether oxygens (including phenoxy) is 1. The van der Waals surface area contributed by atoms with Gasteiger partial charge in [-0.1, -0.05) is 13.8 Å². The SMILES string of the molecule is CCc1n[nH]c(=O)c(-c2nc(-c3[nH]c(C)c(C(=O)OC)c3C)cs2)c1CC. The summed E-state index contributed by atoms with van der Waals surface area (Å²) in [7, 11) is 1.36. The van der Waals surface area contributed by atoms with Gasteiger partial charge in [-0.05, 0) is 37.8 Å². The van der Waals surface area contributed by atoms with Gasteiger partial charge in [0, 0.05) is 11.1 Å². The quantitative estimate of drug-likeness (QED) is 0.655. The maximum Gasteiger partial charge on any atom is 0.339 e. The summed E-state index contributed by atoms with van der Waals surface area (Å²) < 4.78 is 4.86. The first kappa shape index (κ1) is 19.0. The largest absolute Gasteiger partial charge is 0.465 e. The molecule has 0 aromatic carbocycles. The van der Waals surface area contributed by atoms with E-state index in [0.717, 1.165) is 34.6 Å². The van der Waals surface area contributed by atoms with Gasteiger partial charge in [0.2, 0.25) is 0 Å². The lowest BCUT2D eigenvalue weighted by molar-refractivity contribution is 0.0599. The molecule has 0 atom stereocenters. The van der Waals surface area contributed by atoms with Gasteiger partial charge in [-0.25, -0.2) is 14.9 Å². The number of carbonyl (C=O) groups excluding carboxylic acids is 1. The highest BCUT2D eigenvalue weighted by molar-refractivity contribution is 7.13. The lowest BCUT2D eigenvalue weighted by Gasteiger charge is -2.08. The number of aromatic amines is 2. The third-order valence-corrected chi connectivity index (χ3v) is 5.52. The van der Waals surface area contributed by atoms with Crippen molar-refractivity contribution in [3.8, 4) is 22.0 Å². The summed E-state index contributed by atoms with van der Waals surface area (Å²) in [5.41, 5.74) is 5.64. The molecule has 0 amide bonds. The van der Waals surface area contributed by atoms with E-state index in [-0.39, 0.29) is 11.5 Å². The van der Waals surface area contributed by atoms with Crippen LogP contribution in [0.5, 0.6) is 0 Å². The Hall–Kier alpha value is -2.74. The second-order valence-corrected chi connectivity index (χ2v) is 7.07. The van der Waals surface area contributed by atoms with Crippen molar-refractivity contribution in [1.29, 1.82) is 0 Å². The number of aromatic nitrogens is 4. The number of hydrogen-bond acceptors (Lipinski definition) is 6. The summed E-state index contributed by atoms with van der Waals surface area (Å²) >= 11 is 1.40. The summed E-state index contributed by atoms with van der Waals surface area (Å²) in [5, 5.41) is 9.27. The van der Waals surface area contributed by atoms with Gasteiger partial charge in [0.1, 0.15) is 5.01 Å². The van der Waals surface area contributed by atoms with Crippen molar-refractivity contribution in [3.05, 3.63) is 43.8 Å². The third kappa shape index (κ3) is 3.21. The minimum atomic E-state index is -0.380. The zero-order valence-electron chi connectivity index (χ0n) is 16.0. The first-order chi connectivity index (χ1) is 12.9. The molecule has 3 aromatic rings. The van der Waals surface area contributed by atoms with Gasteiger partial charge in [0.15, 0.2) is 0 Å². The zero-order valence-corrected chi connectivity index (χ0v) is 16.8. The van der Waals surface area contributed by atoms with Crippen molar-refractivity contribution in [2.24, 2.45) is 0 Å². The van der Waals surface area contributed by atoms with E-state index in [9.17, 15) is 9.59 Å². The number of methoxy groups -OCH3 is 1. The van der Waals surface area contributed by atoms with Crippen molar-refractivity contribution in [2.45, 2.75) is 40.5 Å². The molecule has 0 saturated heterocycles. The second-order valence-electron chi connectivity index (χ2n) is 6.21. The summed E-state index contributed by atoms with van der Waals surface area (Å²) in [6.07, 6.45) is 1.44. The monoisotopic (exact) mass is 386 g/mol. The smallest absolute Gasteiger partial charge is 0.339 e. The van der Waals surface area contributed by atoms with Crippen LogP contribution in [0.15, 0.2) is 10.2 Å². The second kappa shape index (κ2) is 7.48. The van der Waals surface area contributed by atoms with Gasteiger partial charge in [-0.15, -0.1) is 11.3 Å². The molecule has 0 unspecified atom stereocenters. The van der Waals surface area contributed by atoms with E-state index in [2.05, 4.69) is 20.2 Å². The molecule has 8 heteroatoms. The Morgan fingerprint density at radius 2 is 2.00 bits per heavy atom. The third-order valence-electron chi connectivity index (χ3n) is 4.66. The molecule has 27 heavy (non-hydrogen) atoms. The average molecular weight is 386 g/mol. The molecular formula is C19H22N4O3S. The number of rotatable bonds is 5. The topological polar surface area (TPSA) is 101 Å². The molecule has 0 aliphatic rings. The van der Waals surface area contributed by atoms with Crippen LogP contribution in [0.25, 0.3) is 22.0 Å². The molecule has 2 N–H and O–H groups in total. The fourth-order valence-corrected chi connectivity index (χ4v) is 4.22. The molecule has 0 spiro atoms. The average Bonchev–Trinajstić information content (AvgIpc) is 3.25. The number of aryl methyl sites for hydroxylation is 2. The van der Waals surface area contributed by atoms with Crippen molar-refractivity contribution in [3.63, 3.8) is 0 Å². The Kier molecular flexibility index (Phi) is 5.27. The van der Waals surface area contributed by atoms with Crippen LogP contribution in [0.4, 0.5) is 0 Å². The van der Waals surface area contributed by atoms with Crippen LogP contribution in [0.2, 0.25) is 0 Å². The maximum absolute atomic E-state index is 12.4. The van der Waals surface area contributed by atoms with Gasteiger partial charge < -0.3 is 9.72 Å². The lowest BCUT2D eigenvalue weighted by Crippen LogP contribution is -2.16. The number of esters is 1. The molecule has 0 radical (unpaired) electrons. The Morgan fingerprint density at radius 1 is 1.26 bits per heavy atom. The van der Waals surface area contributed by atoms with Gasteiger partial charge in [0.25, 0.3) is 5.56 Å². The number of hydrogen-bond donors (Lipinski definition) is 2. The van der Waals surface area contributed by atoms with Gasteiger partial charge in [0.05, 0.1) is 35.3 Å². The lowest BCUT2D eigenvalue weighted by atomic mass is 10.0. The van der Waals surface area contributed by atoms with Gasteiger partial charge >= 0.3 is 5.97 Å². The van der Waals surface area contributed by atoms with E-state index >= 15 is 0 Å². The first-order valence-corrected chi connectivity index (χ1v) is 9.64. The molecule has 3 rings (SSSR count). The van der Waals surface area contributed by atoms with Gasteiger partial charge in [-0.3, -0.25) is 4.79 Å². The van der Waals surface area contributed by atoms with Crippen molar-refractivity contribution >= 4 is 17.3 Å². The Bertz CT molecular complexity index is 1060. The van der Waals surface area contributed by atoms with E-state index in [1.54, 1.807) is 0 Å². The van der Waals surface area contributed by atoms with Crippen LogP contribution in [-0.2, 0) is 17.6 Å². The highest BCUT2D eigenvalue weighted by Crippen LogP contribution is 2.33. The van der Waals surface area contributed by atoms with Crippen LogP contribution >= 0.6 is 11.3 Å². The van der Waals surface area contributed by atoms with Crippen LogP contribution in [0.1, 0.15) is 46.7 Å². The molecule has 7 nitrogen and oxygen atoms in total. The highest BCUT2D eigenvalue weighted by Gasteiger charge is 2.22. The normalized spacial score (nSPS) is 11.0. The van der Waals surface area contributed by atoms with Crippen molar-refractivity contribution in [2.75, 3.05) is 7.11 Å². The Balaban J connectivity index is 2.13. The first-order valence-electron chi connectivity index (χ1n) is 8.76. The van der Waals surface area contributed by atoms with E-state index < -0.39 is 0 Å². The Labute approximate surface area is 160 Å². The predicted molar refractivity (Wildman–Crippen MR) is 105 cm³/mol. The predicted octanol–water partition coefficient (Wildman–Crippen LogP) is 3.42. The summed E-state index contributed by atoms with van der Waals surface area (Å²) in [6.45, 7) is 7.70. The zero-order chi connectivity index (χ0) is 19.7. The maximum atomic E-state index is 12.4. The van der Waals surface area contributed by atoms with Crippen molar-refractivity contribution < 1.29 is 9.53 Å². The number of nitrogens with one attached hydrogen (secondary N) is 2. The molecule has 3 aromatic heterocycles. The van der Waals surface area contributed by atoms with Gasteiger partial charge in [-0.2, -0.15) is 5.10 Å². The fourth-order valence-electron chi connectivity index (χ4n) is 3.34.